The lowest BCUT2D eigenvalue weighted by Gasteiger charge is -2.18. The van der Waals surface area contributed by atoms with E-state index in [9.17, 15) is 22.8 Å². The van der Waals surface area contributed by atoms with Gasteiger partial charge in [-0.25, -0.2) is 0 Å². The van der Waals surface area contributed by atoms with E-state index < -0.39 is 36.6 Å². The molecule has 0 spiro atoms. The largest absolute Gasteiger partial charge is 0.392 e. The van der Waals surface area contributed by atoms with E-state index in [0.717, 1.165) is 0 Å². The minimum atomic E-state index is -4.68. The van der Waals surface area contributed by atoms with Crippen LogP contribution in [0.5, 0.6) is 0 Å². The summed E-state index contributed by atoms with van der Waals surface area (Å²) in [7, 11) is 0. The maximum atomic E-state index is 12.1. The molecule has 1 aromatic carbocycles. The molecule has 4 N–H and O–H groups in total. The highest BCUT2D eigenvalue weighted by Crippen LogP contribution is 2.21. The number of carbonyl (C=O) groups is 2. The molecule has 0 heterocycles. The van der Waals surface area contributed by atoms with Gasteiger partial charge in [0.1, 0.15) is 12.1 Å². The van der Waals surface area contributed by atoms with Crippen molar-refractivity contribution in [2.75, 3.05) is 0 Å². The smallest absolute Gasteiger partial charge is 0.383 e. The van der Waals surface area contributed by atoms with E-state index in [1.54, 1.807) is 30.3 Å². The highest BCUT2D eigenvalue weighted by atomic mass is 19.4. The van der Waals surface area contributed by atoms with Gasteiger partial charge < -0.3 is 16.2 Å². The number of amides is 2. The number of aliphatic hydroxyl groups excluding tert-OH is 1. The Bertz CT molecular complexity index is 491. The molecule has 0 fully saturated rings. The van der Waals surface area contributed by atoms with Gasteiger partial charge in [0, 0.05) is 6.42 Å². The van der Waals surface area contributed by atoms with Crippen molar-refractivity contribution >= 4 is 11.8 Å². The van der Waals surface area contributed by atoms with E-state index in [4.69, 9.17) is 10.8 Å². The first-order valence-electron chi connectivity index (χ1n) is 6.07. The lowest BCUT2D eigenvalue weighted by molar-refractivity contribution is -0.163. The molecule has 0 saturated heterocycles. The quantitative estimate of drug-likeness (QED) is 0.715. The van der Waals surface area contributed by atoms with Crippen LogP contribution in [0.1, 0.15) is 12.0 Å². The summed E-state index contributed by atoms with van der Waals surface area (Å²) in [5, 5.41) is 11.2. The van der Waals surface area contributed by atoms with E-state index in [1.165, 1.54) is 0 Å². The number of primary amides is 1. The molecule has 0 aliphatic heterocycles. The van der Waals surface area contributed by atoms with E-state index in [2.05, 4.69) is 0 Å². The maximum Gasteiger partial charge on any atom is 0.392 e. The number of alkyl halides is 3. The Morgan fingerprint density at radius 3 is 2.29 bits per heavy atom. The van der Waals surface area contributed by atoms with Crippen LogP contribution in [0.3, 0.4) is 0 Å². The minimum Gasteiger partial charge on any atom is -0.383 e. The van der Waals surface area contributed by atoms with Crippen molar-refractivity contribution in [1.82, 2.24) is 5.32 Å². The number of nitrogens with one attached hydrogen (secondary N) is 1. The molecular weight excluding hydrogens is 289 g/mol. The van der Waals surface area contributed by atoms with Crippen LogP contribution in [0.25, 0.3) is 0 Å². The molecule has 8 heteroatoms. The zero-order valence-corrected chi connectivity index (χ0v) is 10.9. The Morgan fingerprint density at radius 2 is 1.81 bits per heavy atom. The summed E-state index contributed by atoms with van der Waals surface area (Å²) >= 11 is 0. The van der Waals surface area contributed by atoms with Crippen LogP contribution < -0.4 is 11.1 Å². The van der Waals surface area contributed by atoms with Crippen LogP contribution in [0.15, 0.2) is 30.3 Å². The van der Waals surface area contributed by atoms with Crippen molar-refractivity contribution in [2.24, 2.45) is 5.73 Å². The molecule has 0 radical (unpaired) electrons. The summed E-state index contributed by atoms with van der Waals surface area (Å²) in [5.74, 6) is -2.18. The molecule has 0 aliphatic rings. The van der Waals surface area contributed by atoms with Gasteiger partial charge in [-0.15, -0.1) is 0 Å². The van der Waals surface area contributed by atoms with Crippen LogP contribution in [0.4, 0.5) is 13.2 Å². The first-order chi connectivity index (χ1) is 9.69. The van der Waals surface area contributed by atoms with Gasteiger partial charge in [-0.2, -0.15) is 13.2 Å². The fourth-order valence-electron chi connectivity index (χ4n) is 1.65. The first kappa shape index (κ1) is 17.0. The molecule has 2 atom stereocenters. The van der Waals surface area contributed by atoms with Crippen LogP contribution in [0, 0.1) is 0 Å². The van der Waals surface area contributed by atoms with Crippen molar-refractivity contribution in [2.45, 2.75) is 31.2 Å². The Kier molecular flexibility index (Phi) is 5.71. The standard InChI is InChI=1S/C13H15F3N2O3/c14-13(15,16)7-10(19)12(21)18-9(11(17)20)6-8-4-2-1-3-5-8/h1-5,9-10,19H,6-7H2,(H2,17,20)(H,18,21)/t9-,10-/m0/s1. The molecule has 1 rings (SSSR count). The van der Waals surface area contributed by atoms with Gasteiger partial charge in [0.2, 0.25) is 11.8 Å². The van der Waals surface area contributed by atoms with Crippen molar-refractivity contribution in [3.8, 4) is 0 Å². The van der Waals surface area contributed by atoms with Gasteiger partial charge in [0.05, 0.1) is 6.42 Å². The Balaban J connectivity index is 2.66. The number of benzene rings is 1. The number of hydrogen-bond acceptors (Lipinski definition) is 3. The fraction of sp³-hybridized carbons (Fsp3) is 0.385. The minimum absolute atomic E-state index is 0.0284. The lowest BCUT2D eigenvalue weighted by Crippen LogP contribution is -2.49. The van der Waals surface area contributed by atoms with Crippen molar-refractivity contribution in [1.29, 1.82) is 0 Å². The van der Waals surface area contributed by atoms with Crippen LogP contribution >= 0.6 is 0 Å². The molecule has 116 valence electrons. The van der Waals surface area contributed by atoms with E-state index in [-0.39, 0.29) is 6.42 Å². The summed E-state index contributed by atoms with van der Waals surface area (Å²) in [5.41, 5.74) is 5.78. The number of aliphatic hydroxyl groups is 1. The second-order valence-electron chi connectivity index (χ2n) is 4.49. The Hall–Kier alpha value is -2.09. The summed E-state index contributed by atoms with van der Waals surface area (Å²) < 4.78 is 36.2. The predicted octanol–water partition coefficient (Wildman–Crippen LogP) is 0.512. The van der Waals surface area contributed by atoms with E-state index in [0.29, 0.717) is 5.56 Å². The summed E-state index contributed by atoms with van der Waals surface area (Å²) in [6.07, 6.45) is -8.61. The highest BCUT2D eigenvalue weighted by Gasteiger charge is 2.35. The number of halogens is 3. The molecule has 0 aromatic heterocycles. The van der Waals surface area contributed by atoms with Gasteiger partial charge in [-0.3, -0.25) is 9.59 Å². The molecule has 0 aliphatic carbocycles. The zero-order valence-electron chi connectivity index (χ0n) is 10.9. The maximum absolute atomic E-state index is 12.1. The van der Waals surface area contributed by atoms with Gasteiger partial charge >= 0.3 is 6.18 Å². The second-order valence-corrected chi connectivity index (χ2v) is 4.49. The zero-order chi connectivity index (χ0) is 16.0. The third-order valence-electron chi connectivity index (χ3n) is 2.67. The molecule has 0 saturated carbocycles. The van der Waals surface area contributed by atoms with Gasteiger partial charge in [-0.05, 0) is 5.56 Å². The van der Waals surface area contributed by atoms with Crippen LogP contribution in [-0.4, -0.2) is 35.2 Å². The van der Waals surface area contributed by atoms with Gasteiger partial charge in [0.25, 0.3) is 0 Å². The average molecular weight is 304 g/mol. The van der Waals surface area contributed by atoms with Crippen LogP contribution in [0.2, 0.25) is 0 Å². The molecule has 5 nitrogen and oxygen atoms in total. The van der Waals surface area contributed by atoms with Crippen molar-refractivity contribution in [3.63, 3.8) is 0 Å². The monoisotopic (exact) mass is 304 g/mol. The molecule has 2 amide bonds. The molecule has 21 heavy (non-hydrogen) atoms. The Morgan fingerprint density at radius 1 is 1.24 bits per heavy atom. The molecule has 0 bridgehead atoms. The predicted molar refractivity (Wildman–Crippen MR) is 67.9 cm³/mol. The molecular formula is C13H15F3N2O3. The van der Waals surface area contributed by atoms with E-state index in [1.807, 2.05) is 5.32 Å². The third kappa shape index (κ3) is 6.26. The summed E-state index contributed by atoms with van der Waals surface area (Å²) in [6, 6.07) is 7.31. The normalized spacial score (nSPS) is 14.3. The van der Waals surface area contributed by atoms with Crippen molar-refractivity contribution < 1.29 is 27.9 Å². The van der Waals surface area contributed by atoms with Crippen LogP contribution in [-0.2, 0) is 16.0 Å². The molecule has 0 unspecified atom stereocenters. The van der Waals surface area contributed by atoms with Gasteiger partial charge in [0.15, 0.2) is 0 Å². The van der Waals surface area contributed by atoms with E-state index >= 15 is 0 Å². The van der Waals surface area contributed by atoms with Crippen molar-refractivity contribution in [3.05, 3.63) is 35.9 Å². The number of nitrogens with two attached hydrogens (primary N) is 1. The number of hydrogen-bond donors (Lipinski definition) is 3. The number of rotatable bonds is 6. The third-order valence-corrected chi connectivity index (χ3v) is 2.67. The summed E-state index contributed by atoms with van der Waals surface area (Å²) in [6.45, 7) is 0. The topological polar surface area (TPSA) is 92.4 Å². The second kappa shape index (κ2) is 7.07. The number of carbonyl (C=O) groups excluding carboxylic acids is 2. The molecule has 1 aromatic rings. The Labute approximate surface area is 118 Å². The van der Waals surface area contributed by atoms with Gasteiger partial charge in [-0.1, -0.05) is 30.3 Å². The average Bonchev–Trinajstić information content (AvgIpc) is 2.36. The highest BCUT2D eigenvalue weighted by molar-refractivity contribution is 5.88. The first-order valence-corrected chi connectivity index (χ1v) is 6.07. The summed E-state index contributed by atoms with van der Waals surface area (Å²) in [4.78, 5) is 22.7. The lowest BCUT2D eigenvalue weighted by atomic mass is 10.0. The SMILES string of the molecule is NC(=O)[C@H](Cc1ccccc1)NC(=O)[C@@H](O)CC(F)(F)F. The fourth-order valence-corrected chi connectivity index (χ4v) is 1.65.